The van der Waals surface area contributed by atoms with Crippen molar-refractivity contribution in [3.8, 4) is 0 Å². The van der Waals surface area contributed by atoms with Gasteiger partial charge in [-0.1, -0.05) is 92.7 Å². The molecule has 0 aromatic carbocycles. The zero-order chi connectivity index (χ0) is 38.5. The van der Waals surface area contributed by atoms with E-state index in [0.29, 0.717) is 144 Å². The van der Waals surface area contributed by atoms with Crippen molar-refractivity contribution in [2.24, 2.45) is 0 Å². The van der Waals surface area contributed by atoms with Gasteiger partial charge in [0.1, 0.15) is 5.78 Å². The number of unbranched alkanes of at least 4 members (excludes halogenated alkanes) is 10. The van der Waals surface area contributed by atoms with Gasteiger partial charge in [-0.25, -0.2) is 0 Å². The molecule has 11 nitrogen and oxygen atoms in total. The number of rotatable bonds is 47. The minimum Gasteiger partial charge on any atom is -0.379 e. The van der Waals surface area contributed by atoms with Crippen molar-refractivity contribution < 1.29 is 52.2 Å². The number of carbonyl (C=O) groups excluding carboxylic acids is 1. The zero-order valence-electron chi connectivity index (χ0n) is 34.3. The van der Waals surface area contributed by atoms with Gasteiger partial charge in [0.25, 0.3) is 0 Å². The molecule has 322 valence electrons. The van der Waals surface area contributed by atoms with Crippen LogP contribution in [0.25, 0.3) is 0 Å². The van der Waals surface area contributed by atoms with E-state index in [2.05, 4.69) is 6.92 Å². The molecule has 1 aliphatic rings. The first-order valence-electron chi connectivity index (χ1n) is 21.4. The molecule has 0 aromatic heterocycles. The normalized spacial score (nSPS) is 14.4. The summed E-state index contributed by atoms with van der Waals surface area (Å²) in [5.41, 5.74) is 0. The largest absolute Gasteiger partial charge is 0.379 e. The van der Waals surface area contributed by atoms with Gasteiger partial charge in [0.15, 0.2) is 0 Å². The maximum Gasteiger partial charge on any atom is 0.132 e. The second-order valence-corrected chi connectivity index (χ2v) is 16.3. The number of ketones is 1. The predicted molar refractivity (Wildman–Crippen MR) is 221 cm³/mol. The molecule has 1 fully saturated rings. The van der Waals surface area contributed by atoms with E-state index in [4.69, 9.17) is 47.4 Å². The molecule has 1 saturated heterocycles. The van der Waals surface area contributed by atoms with Gasteiger partial charge in [0, 0.05) is 37.1 Å². The minimum atomic E-state index is 0.362. The first-order chi connectivity index (χ1) is 26.8. The average molecular weight is 813 g/mol. The Bertz CT molecular complexity index is 735. The summed E-state index contributed by atoms with van der Waals surface area (Å²) in [5.74, 6) is 1.64. The van der Waals surface area contributed by atoms with Crippen molar-refractivity contribution >= 4 is 27.4 Å². The molecule has 0 saturated carbocycles. The highest BCUT2D eigenvalue weighted by atomic mass is 33.1. The van der Waals surface area contributed by atoms with E-state index < -0.39 is 0 Å². The summed E-state index contributed by atoms with van der Waals surface area (Å²) >= 11 is 0. The van der Waals surface area contributed by atoms with Crippen LogP contribution in [0.15, 0.2) is 0 Å². The maximum absolute atomic E-state index is 12.0. The van der Waals surface area contributed by atoms with Crippen LogP contribution in [0, 0.1) is 0 Å². The van der Waals surface area contributed by atoms with Crippen LogP contribution in [-0.4, -0.2) is 149 Å². The van der Waals surface area contributed by atoms with Crippen molar-refractivity contribution in [1.29, 1.82) is 0 Å². The molecule has 1 heterocycles. The summed E-state index contributed by atoms with van der Waals surface area (Å²) in [6.07, 6.45) is 20.3. The van der Waals surface area contributed by atoms with Gasteiger partial charge in [-0.05, 0) is 32.1 Å². The lowest BCUT2D eigenvalue weighted by molar-refractivity contribution is -0.119. The van der Waals surface area contributed by atoms with E-state index in [-0.39, 0.29) is 0 Å². The van der Waals surface area contributed by atoms with E-state index in [0.717, 1.165) is 31.1 Å². The molecule has 0 radical (unpaired) electrons. The summed E-state index contributed by atoms with van der Waals surface area (Å²) < 4.78 is 55.4. The number of ether oxygens (including phenoxy) is 10. The van der Waals surface area contributed by atoms with E-state index in [9.17, 15) is 4.79 Å². The molecule has 1 rings (SSSR count). The first kappa shape index (κ1) is 52.0. The maximum atomic E-state index is 12.0. The Morgan fingerprint density at radius 1 is 0.407 bits per heavy atom. The van der Waals surface area contributed by atoms with Crippen LogP contribution in [0.5, 0.6) is 0 Å². The Morgan fingerprint density at radius 3 is 1.11 bits per heavy atom. The molecular formula is C41H80O11S2. The second-order valence-electron chi connectivity index (χ2n) is 13.5. The fourth-order valence-electron chi connectivity index (χ4n) is 5.53. The highest BCUT2D eigenvalue weighted by molar-refractivity contribution is 8.77. The molecule has 1 atom stereocenters. The van der Waals surface area contributed by atoms with Crippen molar-refractivity contribution in [2.75, 3.05) is 138 Å². The zero-order valence-corrected chi connectivity index (χ0v) is 35.9. The summed E-state index contributed by atoms with van der Waals surface area (Å²) in [7, 11) is 4.00. The quantitative estimate of drug-likeness (QED) is 0.0436. The van der Waals surface area contributed by atoms with Crippen LogP contribution in [0.4, 0.5) is 0 Å². The van der Waals surface area contributed by atoms with Gasteiger partial charge in [-0.2, -0.15) is 0 Å². The van der Waals surface area contributed by atoms with E-state index in [1.54, 1.807) is 0 Å². The third kappa shape index (κ3) is 41.6. The lowest BCUT2D eigenvalue weighted by atomic mass is 10.1. The number of carbonyl (C=O) groups is 1. The summed E-state index contributed by atoms with van der Waals surface area (Å²) in [6, 6.07) is 0. The summed E-state index contributed by atoms with van der Waals surface area (Å²) in [5, 5.41) is 0.808. The third-order valence-corrected chi connectivity index (χ3v) is 11.7. The van der Waals surface area contributed by atoms with Crippen molar-refractivity contribution in [3.05, 3.63) is 0 Å². The van der Waals surface area contributed by atoms with Crippen LogP contribution in [0.3, 0.4) is 0 Å². The van der Waals surface area contributed by atoms with Crippen molar-refractivity contribution in [1.82, 2.24) is 0 Å². The molecule has 13 heteroatoms. The Balaban J connectivity index is 1.61. The molecular weight excluding hydrogens is 733 g/mol. The van der Waals surface area contributed by atoms with Gasteiger partial charge in [0.05, 0.1) is 119 Å². The van der Waals surface area contributed by atoms with Crippen molar-refractivity contribution in [2.45, 2.75) is 121 Å². The fraction of sp³-hybridized carbons (Fsp3) is 0.976. The highest BCUT2D eigenvalue weighted by Crippen LogP contribution is 2.39. The summed E-state index contributed by atoms with van der Waals surface area (Å²) in [6.45, 7) is 13.5. The van der Waals surface area contributed by atoms with Crippen LogP contribution < -0.4 is 0 Å². The van der Waals surface area contributed by atoms with Crippen molar-refractivity contribution in [3.63, 3.8) is 0 Å². The van der Waals surface area contributed by atoms with Crippen LogP contribution in [0.1, 0.15) is 116 Å². The van der Waals surface area contributed by atoms with E-state index in [1.165, 1.54) is 82.8 Å². The third-order valence-electron chi connectivity index (χ3n) is 8.69. The monoisotopic (exact) mass is 813 g/mol. The topological polar surface area (TPSA) is 109 Å². The molecule has 0 spiro atoms. The SMILES string of the molecule is CCCCCCCCCCCCOCCOCCOCCOCCOCCOCCOCCOCCOCCOCCCC(=O)CCCCC1CCSS1. The Hall–Kier alpha value is -0.0300. The molecule has 1 unspecified atom stereocenters. The summed E-state index contributed by atoms with van der Waals surface area (Å²) in [4.78, 5) is 12.0. The smallest absolute Gasteiger partial charge is 0.132 e. The van der Waals surface area contributed by atoms with Gasteiger partial charge in [-0.3, -0.25) is 4.79 Å². The molecule has 0 aromatic rings. The standard InChI is InChI=1S/C41H80O11S2/c1-2-3-4-5-6-7-8-9-10-13-19-43-21-23-45-25-27-47-29-31-49-33-35-51-37-38-52-36-34-50-32-30-48-28-26-46-24-22-44-20-14-16-40(42)15-11-12-17-41-18-39-53-54-41/h41H,2-39H2,1H3. The Labute approximate surface area is 337 Å². The Kier molecular flexibility index (Phi) is 44.0. The molecule has 0 bridgehead atoms. The number of hydrogen-bond acceptors (Lipinski definition) is 13. The van der Waals surface area contributed by atoms with Crippen LogP contribution >= 0.6 is 21.6 Å². The molecule has 0 N–H and O–H groups in total. The predicted octanol–water partition coefficient (Wildman–Crippen LogP) is 8.14. The molecule has 54 heavy (non-hydrogen) atoms. The second kappa shape index (κ2) is 45.7. The number of hydrogen-bond donors (Lipinski definition) is 0. The molecule has 0 aliphatic carbocycles. The molecule has 0 amide bonds. The Morgan fingerprint density at radius 2 is 0.741 bits per heavy atom. The van der Waals surface area contributed by atoms with Gasteiger partial charge in [0.2, 0.25) is 0 Å². The first-order valence-corrected chi connectivity index (χ1v) is 23.8. The lowest BCUT2D eigenvalue weighted by Gasteiger charge is -2.09. The lowest BCUT2D eigenvalue weighted by Crippen LogP contribution is -2.15. The van der Waals surface area contributed by atoms with Gasteiger partial charge in [-0.15, -0.1) is 0 Å². The fourth-order valence-corrected chi connectivity index (χ4v) is 8.56. The van der Waals surface area contributed by atoms with Crippen LogP contribution in [-0.2, 0) is 52.2 Å². The highest BCUT2D eigenvalue weighted by Gasteiger charge is 2.15. The van der Waals surface area contributed by atoms with Gasteiger partial charge >= 0.3 is 0 Å². The average Bonchev–Trinajstić information content (AvgIpc) is 3.71. The van der Waals surface area contributed by atoms with E-state index >= 15 is 0 Å². The molecule has 1 aliphatic heterocycles. The van der Waals surface area contributed by atoms with E-state index in [1.807, 2.05) is 21.6 Å². The number of Topliss-reactive ketones (excluding diaryl/α,β-unsaturated/α-hetero) is 1. The van der Waals surface area contributed by atoms with Gasteiger partial charge < -0.3 is 47.4 Å². The minimum absolute atomic E-state index is 0.362. The van der Waals surface area contributed by atoms with Crippen LogP contribution in [0.2, 0.25) is 0 Å².